The number of aryl methyl sites for hydroxylation is 1. The Hall–Kier alpha value is -3.81. The minimum atomic E-state index is -0.595. The lowest BCUT2D eigenvalue weighted by Crippen LogP contribution is -2.32. The maximum absolute atomic E-state index is 13.0. The number of nitrogens with zero attached hydrogens (tertiary/aromatic N) is 2. The summed E-state index contributed by atoms with van der Waals surface area (Å²) >= 11 is 0. The summed E-state index contributed by atoms with van der Waals surface area (Å²) in [6, 6.07) is 14.3. The van der Waals surface area contributed by atoms with Crippen molar-refractivity contribution in [1.29, 1.82) is 0 Å². The molecular formula is C22H21FN4O3. The van der Waals surface area contributed by atoms with E-state index < -0.39 is 17.3 Å². The van der Waals surface area contributed by atoms with Crippen LogP contribution in [0, 0.1) is 12.7 Å². The number of benzene rings is 2. The Balaban J connectivity index is 1.93. The second-order valence-corrected chi connectivity index (χ2v) is 6.73. The third-order valence-corrected chi connectivity index (χ3v) is 4.34. The van der Waals surface area contributed by atoms with Crippen LogP contribution >= 0.6 is 0 Å². The molecule has 0 aliphatic heterocycles. The lowest BCUT2D eigenvalue weighted by molar-refractivity contribution is -0.117. The van der Waals surface area contributed by atoms with Crippen LogP contribution in [0.3, 0.4) is 0 Å². The van der Waals surface area contributed by atoms with Gasteiger partial charge in [-0.25, -0.2) is 9.07 Å². The zero-order valence-electron chi connectivity index (χ0n) is 16.6. The molecule has 1 aromatic heterocycles. The molecule has 154 valence electrons. The molecule has 3 rings (SSSR count). The smallest absolute Gasteiger partial charge is 0.291 e. The van der Waals surface area contributed by atoms with Crippen LogP contribution < -0.4 is 16.2 Å². The highest BCUT2D eigenvalue weighted by Crippen LogP contribution is 2.19. The SMILES string of the molecule is CCC(=O)Nc1cc(-c2ccc(C)cc2)nn(CC(=O)Nc2ccc(F)cc2)c1=O. The Kier molecular flexibility index (Phi) is 6.36. The third kappa shape index (κ3) is 5.16. The van der Waals surface area contributed by atoms with E-state index in [-0.39, 0.29) is 24.6 Å². The first kappa shape index (κ1) is 20.9. The molecule has 0 saturated heterocycles. The Morgan fingerprint density at radius 1 is 1.00 bits per heavy atom. The lowest BCUT2D eigenvalue weighted by atomic mass is 10.1. The summed E-state index contributed by atoms with van der Waals surface area (Å²) in [4.78, 5) is 37.0. The standard InChI is InChI=1S/C22H21FN4O3/c1-3-20(28)25-19-12-18(15-6-4-14(2)5-7-15)26-27(22(19)30)13-21(29)24-17-10-8-16(23)9-11-17/h4-12H,3,13H2,1-2H3,(H,24,29)(H,25,28). The number of amides is 2. The van der Waals surface area contributed by atoms with Gasteiger partial charge in [-0.3, -0.25) is 14.4 Å². The summed E-state index contributed by atoms with van der Waals surface area (Å²) in [5.41, 5.74) is 2.08. The molecule has 0 bridgehead atoms. The molecule has 2 N–H and O–H groups in total. The minimum Gasteiger partial charge on any atom is -0.324 e. The van der Waals surface area contributed by atoms with Gasteiger partial charge in [-0.15, -0.1) is 0 Å². The van der Waals surface area contributed by atoms with Crippen molar-refractivity contribution in [3.05, 3.63) is 76.3 Å². The van der Waals surface area contributed by atoms with Crippen LogP contribution in [0.1, 0.15) is 18.9 Å². The number of carbonyl (C=O) groups is 2. The van der Waals surface area contributed by atoms with E-state index in [0.29, 0.717) is 11.4 Å². The fraction of sp³-hybridized carbons (Fsp3) is 0.182. The maximum Gasteiger partial charge on any atom is 0.291 e. The molecule has 0 aliphatic carbocycles. The van der Waals surface area contributed by atoms with Gasteiger partial charge in [0.1, 0.15) is 18.0 Å². The van der Waals surface area contributed by atoms with Crippen molar-refractivity contribution in [2.75, 3.05) is 10.6 Å². The fourth-order valence-corrected chi connectivity index (χ4v) is 2.71. The highest BCUT2D eigenvalue weighted by molar-refractivity contribution is 5.92. The number of halogens is 1. The molecular weight excluding hydrogens is 387 g/mol. The van der Waals surface area contributed by atoms with Crippen molar-refractivity contribution in [3.63, 3.8) is 0 Å². The number of anilines is 2. The van der Waals surface area contributed by atoms with Gasteiger partial charge in [0.05, 0.1) is 5.69 Å². The molecule has 2 aromatic carbocycles. The predicted molar refractivity (Wildman–Crippen MR) is 113 cm³/mol. The van der Waals surface area contributed by atoms with Crippen LogP contribution in [0.2, 0.25) is 0 Å². The number of hydrogen-bond acceptors (Lipinski definition) is 4. The summed E-state index contributed by atoms with van der Waals surface area (Å²) in [5, 5.41) is 9.45. The second kappa shape index (κ2) is 9.13. The van der Waals surface area contributed by atoms with E-state index >= 15 is 0 Å². The van der Waals surface area contributed by atoms with Gasteiger partial charge in [-0.2, -0.15) is 5.10 Å². The number of rotatable bonds is 6. The number of aromatic nitrogens is 2. The summed E-state index contributed by atoms with van der Waals surface area (Å²) in [5.74, 6) is -1.26. The Morgan fingerprint density at radius 3 is 2.30 bits per heavy atom. The van der Waals surface area contributed by atoms with Crippen LogP contribution in [0.5, 0.6) is 0 Å². The lowest BCUT2D eigenvalue weighted by Gasteiger charge is -2.12. The largest absolute Gasteiger partial charge is 0.324 e. The first-order chi connectivity index (χ1) is 14.4. The Bertz CT molecular complexity index is 1120. The summed E-state index contributed by atoms with van der Waals surface area (Å²) < 4.78 is 14.0. The van der Waals surface area contributed by atoms with E-state index in [4.69, 9.17) is 0 Å². The van der Waals surface area contributed by atoms with Crippen LogP contribution in [0.25, 0.3) is 11.3 Å². The monoisotopic (exact) mass is 408 g/mol. The molecule has 7 nitrogen and oxygen atoms in total. The Morgan fingerprint density at radius 2 is 1.67 bits per heavy atom. The first-order valence-corrected chi connectivity index (χ1v) is 9.40. The fourth-order valence-electron chi connectivity index (χ4n) is 2.71. The number of nitrogens with one attached hydrogen (secondary N) is 2. The van der Waals surface area contributed by atoms with Gasteiger partial charge in [-0.1, -0.05) is 36.8 Å². The molecule has 0 unspecified atom stereocenters. The molecule has 0 atom stereocenters. The van der Waals surface area contributed by atoms with Crippen LogP contribution in [0.15, 0.2) is 59.4 Å². The molecule has 1 heterocycles. The van der Waals surface area contributed by atoms with Gasteiger partial charge in [-0.05, 0) is 37.3 Å². The number of hydrogen-bond donors (Lipinski definition) is 2. The molecule has 0 fully saturated rings. The van der Waals surface area contributed by atoms with E-state index in [1.165, 1.54) is 30.3 Å². The highest BCUT2D eigenvalue weighted by Gasteiger charge is 2.14. The molecule has 2 amide bonds. The van der Waals surface area contributed by atoms with E-state index in [1.54, 1.807) is 6.92 Å². The molecule has 30 heavy (non-hydrogen) atoms. The van der Waals surface area contributed by atoms with Gasteiger partial charge in [0.2, 0.25) is 11.8 Å². The Labute approximate surface area is 172 Å². The van der Waals surface area contributed by atoms with Crippen LogP contribution in [0.4, 0.5) is 15.8 Å². The molecule has 0 aliphatic rings. The van der Waals surface area contributed by atoms with Crippen molar-refractivity contribution in [1.82, 2.24) is 9.78 Å². The van der Waals surface area contributed by atoms with E-state index in [0.717, 1.165) is 15.8 Å². The molecule has 0 radical (unpaired) electrons. The minimum absolute atomic E-state index is 0.0435. The van der Waals surface area contributed by atoms with Crippen LogP contribution in [-0.2, 0) is 16.1 Å². The normalized spacial score (nSPS) is 10.5. The third-order valence-electron chi connectivity index (χ3n) is 4.34. The quantitative estimate of drug-likeness (QED) is 0.654. The van der Waals surface area contributed by atoms with Crippen molar-refractivity contribution in [2.45, 2.75) is 26.8 Å². The summed E-state index contributed by atoms with van der Waals surface area (Å²) in [7, 11) is 0. The van der Waals surface area contributed by atoms with Crippen LogP contribution in [-0.4, -0.2) is 21.6 Å². The van der Waals surface area contributed by atoms with Gasteiger partial charge < -0.3 is 10.6 Å². The van der Waals surface area contributed by atoms with Gasteiger partial charge in [0, 0.05) is 17.7 Å². The molecule has 8 heteroatoms. The first-order valence-electron chi connectivity index (χ1n) is 9.40. The average molecular weight is 408 g/mol. The predicted octanol–water partition coefficient (Wildman–Crippen LogP) is 3.35. The van der Waals surface area contributed by atoms with Crippen molar-refractivity contribution < 1.29 is 14.0 Å². The van der Waals surface area contributed by atoms with E-state index in [9.17, 15) is 18.8 Å². The zero-order chi connectivity index (χ0) is 21.7. The average Bonchev–Trinajstić information content (AvgIpc) is 2.73. The molecule has 0 saturated carbocycles. The van der Waals surface area contributed by atoms with Crippen molar-refractivity contribution in [2.24, 2.45) is 0 Å². The van der Waals surface area contributed by atoms with Gasteiger partial charge in [0.25, 0.3) is 5.56 Å². The topological polar surface area (TPSA) is 93.1 Å². The van der Waals surface area contributed by atoms with E-state index in [1.807, 2.05) is 31.2 Å². The molecule has 3 aromatic rings. The molecule has 0 spiro atoms. The zero-order valence-corrected chi connectivity index (χ0v) is 16.6. The van der Waals surface area contributed by atoms with E-state index in [2.05, 4.69) is 15.7 Å². The van der Waals surface area contributed by atoms with Gasteiger partial charge >= 0.3 is 0 Å². The van der Waals surface area contributed by atoms with Crippen molar-refractivity contribution >= 4 is 23.2 Å². The number of carbonyl (C=O) groups excluding carboxylic acids is 2. The summed E-state index contributed by atoms with van der Waals surface area (Å²) in [6.07, 6.45) is 0.201. The second-order valence-electron chi connectivity index (χ2n) is 6.73. The van der Waals surface area contributed by atoms with Crippen molar-refractivity contribution in [3.8, 4) is 11.3 Å². The summed E-state index contributed by atoms with van der Waals surface area (Å²) in [6.45, 7) is 3.25. The highest BCUT2D eigenvalue weighted by atomic mass is 19.1. The van der Waals surface area contributed by atoms with Gasteiger partial charge in [0.15, 0.2) is 0 Å². The maximum atomic E-state index is 13.0.